The fourth-order valence-electron chi connectivity index (χ4n) is 1.39. The molecular weight excluding hydrogens is 330 g/mol. The summed E-state index contributed by atoms with van der Waals surface area (Å²) in [5, 5.41) is 11.7. The number of carbonyl (C=O) groups excluding carboxylic acids is 1. The minimum Gasteiger partial charge on any atom is -0.494 e. The van der Waals surface area contributed by atoms with Crippen molar-refractivity contribution in [2.45, 2.75) is 43.1 Å². The second kappa shape index (κ2) is 6.53. The highest BCUT2D eigenvalue weighted by atomic mass is 32.2. The number of rotatable bonds is 6. The minimum atomic E-state index is -3.89. The molecule has 1 rings (SSSR count). The van der Waals surface area contributed by atoms with Gasteiger partial charge in [0.25, 0.3) is 10.0 Å². The van der Waals surface area contributed by atoms with Crippen LogP contribution in [0.25, 0.3) is 0 Å². The van der Waals surface area contributed by atoms with Crippen LogP contribution in [0.15, 0.2) is 15.7 Å². The predicted octanol–water partition coefficient (Wildman–Crippen LogP) is 1.13. The van der Waals surface area contributed by atoms with E-state index in [0.717, 1.165) is 11.3 Å². The van der Waals surface area contributed by atoms with Gasteiger partial charge in [-0.25, -0.2) is 17.9 Å². The molecule has 0 aliphatic heterocycles. The van der Waals surface area contributed by atoms with Gasteiger partial charge in [0.1, 0.15) is 11.4 Å². The number of hydrogen-bond acceptors (Lipinski definition) is 7. The molecular formula is C13H21NO6S2. The maximum Gasteiger partial charge on any atom is 0.339 e. The Morgan fingerprint density at radius 2 is 1.95 bits per heavy atom. The molecule has 0 radical (unpaired) electrons. The van der Waals surface area contributed by atoms with Gasteiger partial charge in [0.05, 0.1) is 13.7 Å². The number of hydrogen-bond donors (Lipinski definition) is 2. The van der Waals surface area contributed by atoms with Gasteiger partial charge >= 0.3 is 5.97 Å². The molecule has 0 saturated carbocycles. The number of methoxy groups -OCH3 is 1. The van der Waals surface area contributed by atoms with E-state index in [4.69, 9.17) is 9.47 Å². The fourth-order valence-corrected chi connectivity index (χ4v) is 3.84. The molecule has 0 aliphatic rings. The van der Waals surface area contributed by atoms with E-state index in [-0.39, 0.29) is 9.96 Å². The van der Waals surface area contributed by atoms with Crippen molar-refractivity contribution in [1.29, 1.82) is 0 Å². The van der Waals surface area contributed by atoms with Crippen molar-refractivity contribution >= 4 is 27.3 Å². The topological polar surface area (TPSA) is 102 Å². The number of carbonyl (C=O) groups is 1. The summed E-state index contributed by atoms with van der Waals surface area (Å²) in [6.07, 6.45) is 0. The zero-order chi connectivity index (χ0) is 17.2. The van der Waals surface area contributed by atoms with E-state index >= 15 is 0 Å². The van der Waals surface area contributed by atoms with E-state index in [9.17, 15) is 18.3 Å². The molecule has 126 valence electrons. The van der Waals surface area contributed by atoms with E-state index in [0.29, 0.717) is 0 Å². The second-order valence-corrected chi connectivity index (χ2v) is 8.76. The molecule has 1 heterocycles. The smallest absolute Gasteiger partial charge is 0.339 e. The van der Waals surface area contributed by atoms with Crippen molar-refractivity contribution in [2.75, 3.05) is 13.7 Å². The molecule has 0 fully saturated rings. The van der Waals surface area contributed by atoms with Crippen molar-refractivity contribution in [1.82, 2.24) is 4.72 Å². The Hall–Kier alpha value is -1.16. The van der Waals surface area contributed by atoms with Gasteiger partial charge in [-0.3, -0.25) is 0 Å². The average Bonchev–Trinajstić information content (AvgIpc) is 2.83. The third kappa shape index (κ3) is 4.94. The number of thiophene rings is 1. The summed E-state index contributed by atoms with van der Waals surface area (Å²) in [6, 6.07) is 1.52. The third-order valence-electron chi connectivity index (χ3n) is 2.50. The van der Waals surface area contributed by atoms with Crippen LogP contribution >= 0.6 is 11.3 Å². The van der Waals surface area contributed by atoms with Crippen LogP contribution in [0.4, 0.5) is 0 Å². The minimum absolute atomic E-state index is 0.0185. The molecule has 2 N–H and O–H groups in total. The Labute approximate surface area is 134 Å². The monoisotopic (exact) mass is 351 g/mol. The first-order valence-corrected chi connectivity index (χ1v) is 8.82. The summed E-state index contributed by atoms with van der Waals surface area (Å²) in [6.45, 7) is 5.64. The summed E-state index contributed by atoms with van der Waals surface area (Å²) in [4.78, 5) is 11.9. The van der Waals surface area contributed by atoms with Gasteiger partial charge in [0.2, 0.25) is 0 Å². The molecule has 22 heavy (non-hydrogen) atoms. The van der Waals surface area contributed by atoms with Gasteiger partial charge in [-0.2, -0.15) is 0 Å². The van der Waals surface area contributed by atoms with Crippen LogP contribution < -0.4 is 9.46 Å². The summed E-state index contributed by atoms with van der Waals surface area (Å²) in [5.41, 5.74) is -2.76. The molecule has 9 heteroatoms. The summed E-state index contributed by atoms with van der Waals surface area (Å²) >= 11 is 0.977. The maximum absolute atomic E-state index is 12.2. The lowest BCUT2D eigenvalue weighted by molar-refractivity contribution is -0.174. The van der Waals surface area contributed by atoms with Gasteiger partial charge < -0.3 is 14.6 Å². The van der Waals surface area contributed by atoms with Crippen LogP contribution in [-0.2, 0) is 19.6 Å². The fraction of sp³-hybridized carbons (Fsp3) is 0.615. The molecule has 0 spiro atoms. The molecule has 1 aromatic heterocycles. The Bertz CT molecular complexity index is 627. The molecule has 0 amide bonds. The van der Waals surface area contributed by atoms with E-state index in [1.165, 1.54) is 20.1 Å². The third-order valence-corrected chi connectivity index (χ3v) is 5.35. The van der Waals surface area contributed by atoms with Crippen LogP contribution in [0.5, 0.6) is 5.75 Å². The van der Waals surface area contributed by atoms with Crippen molar-refractivity contribution < 1.29 is 27.8 Å². The highest BCUT2D eigenvalue weighted by Gasteiger charge is 2.36. The predicted molar refractivity (Wildman–Crippen MR) is 82.5 cm³/mol. The summed E-state index contributed by atoms with van der Waals surface area (Å²) in [5.74, 6) is -0.699. The van der Waals surface area contributed by atoms with Gasteiger partial charge in [0, 0.05) is 0 Å². The van der Waals surface area contributed by atoms with Crippen molar-refractivity contribution in [3.63, 3.8) is 0 Å². The van der Waals surface area contributed by atoms with Crippen molar-refractivity contribution in [2.24, 2.45) is 0 Å². The lowest BCUT2D eigenvalue weighted by Gasteiger charge is -2.27. The van der Waals surface area contributed by atoms with Crippen LogP contribution in [0.2, 0.25) is 0 Å². The van der Waals surface area contributed by atoms with Gasteiger partial charge in [-0.15, -0.1) is 11.3 Å². The molecule has 0 bridgehead atoms. The quantitative estimate of drug-likeness (QED) is 0.745. The second-order valence-electron chi connectivity index (χ2n) is 5.88. The Balaban J connectivity index is 2.81. The molecule has 0 aliphatic carbocycles. The highest BCUT2D eigenvalue weighted by molar-refractivity contribution is 7.91. The lowest BCUT2D eigenvalue weighted by Crippen LogP contribution is -2.49. The average molecular weight is 351 g/mol. The number of sulfonamides is 1. The summed E-state index contributed by atoms with van der Waals surface area (Å²) in [7, 11) is -2.54. The van der Waals surface area contributed by atoms with Crippen molar-refractivity contribution in [3.05, 3.63) is 11.4 Å². The molecule has 0 unspecified atom stereocenters. The summed E-state index contributed by atoms with van der Waals surface area (Å²) < 4.78 is 36.6. The number of aliphatic hydroxyl groups is 1. The molecule has 7 nitrogen and oxygen atoms in total. The first-order valence-electron chi connectivity index (χ1n) is 6.46. The zero-order valence-corrected chi connectivity index (χ0v) is 14.8. The van der Waals surface area contributed by atoms with Gasteiger partial charge in [-0.1, -0.05) is 0 Å². The highest BCUT2D eigenvalue weighted by Crippen LogP contribution is 2.29. The van der Waals surface area contributed by atoms with Crippen LogP contribution in [0.3, 0.4) is 0 Å². The van der Waals surface area contributed by atoms with E-state index in [2.05, 4.69) is 4.72 Å². The number of esters is 1. The first kappa shape index (κ1) is 18.9. The normalized spacial score (nSPS) is 15.2. The Morgan fingerprint density at radius 3 is 2.45 bits per heavy atom. The Morgan fingerprint density at radius 1 is 1.36 bits per heavy atom. The largest absolute Gasteiger partial charge is 0.494 e. The number of ether oxygens (including phenoxy) is 2. The van der Waals surface area contributed by atoms with E-state index < -0.39 is 33.7 Å². The lowest BCUT2D eigenvalue weighted by atomic mass is 10.1. The van der Waals surface area contributed by atoms with Gasteiger partial charge in [-0.05, 0) is 39.1 Å². The van der Waals surface area contributed by atoms with Gasteiger partial charge in [0.15, 0.2) is 9.81 Å². The van der Waals surface area contributed by atoms with Crippen LogP contribution in [-0.4, -0.2) is 44.4 Å². The molecule has 0 aromatic carbocycles. The van der Waals surface area contributed by atoms with Crippen molar-refractivity contribution in [3.8, 4) is 5.75 Å². The number of nitrogens with one attached hydrogen (secondary N) is 1. The van der Waals surface area contributed by atoms with E-state index in [1.807, 2.05) is 0 Å². The molecule has 1 atom stereocenters. The first-order chi connectivity index (χ1) is 9.89. The molecule has 0 saturated heterocycles. The standard InChI is InChI=1S/C13H21NO6S2/c1-12(2,3)20-11(15)13(4,16)8-14-22(17,18)10-9(19-5)6-7-21-10/h6-7,14,16H,8H2,1-5H3/t13-/m1/s1. The van der Waals surface area contributed by atoms with Crippen LogP contribution in [0, 0.1) is 0 Å². The van der Waals surface area contributed by atoms with E-state index in [1.54, 1.807) is 26.2 Å². The maximum atomic E-state index is 12.2. The SMILES string of the molecule is COc1ccsc1S(=O)(=O)NC[C@@](C)(O)C(=O)OC(C)(C)C. The Kier molecular flexibility index (Phi) is 5.61. The molecule has 1 aromatic rings. The van der Waals surface area contributed by atoms with Crippen LogP contribution in [0.1, 0.15) is 27.7 Å². The zero-order valence-electron chi connectivity index (χ0n) is 13.2.